The number of hydrogen-bond acceptors (Lipinski definition) is 2. The monoisotopic (exact) mass is 369 g/mol. The normalized spacial score (nSPS) is 12.0. The average Bonchev–Trinajstić information content (AvgIpc) is 3.13. The maximum atomic E-state index is 12.9. The van der Waals surface area contributed by atoms with Crippen molar-refractivity contribution in [2.24, 2.45) is 0 Å². The molecule has 4 aromatic rings. The lowest BCUT2D eigenvalue weighted by Crippen LogP contribution is -2.32. The summed E-state index contributed by atoms with van der Waals surface area (Å²) < 4.78 is 2.19. The van der Waals surface area contributed by atoms with Crippen LogP contribution in [0.5, 0.6) is 0 Å². The van der Waals surface area contributed by atoms with Crippen LogP contribution in [0.4, 0.5) is 0 Å². The molecule has 0 bridgehead atoms. The van der Waals surface area contributed by atoms with E-state index < -0.39 is 0 Å². The Hall–Kier alpha value is -3.40. The molecule has 28 heavy (non-hydrogen) atoms. The van der Waals surface area contributed by atoms with Crippen LogP contribution < -0.4 is 5.32 Å². The highest BCUT2D eigenvalue weighted by Gasteiger charge is 2.22. The minimum Gasteiger partial charge on any atom is -0.342 e. The van der Waals surface area contributed by atoms with Crippen LogP contribution in [0.2, 0.25) is 0 Å². The molecule has 0 spiro atoms. The van der Waals surface area contributed by atoms with Crippen LogP contribution in [-0.4, -0.2) is 15.5 Å². The van der Waals surface area contributed by atoms with Gasteiger partial charge in [-0.15, -0.1) is 0 Å². The van der Waals surface area contributed by atoms with Crippen molar-refractivity contribution in [3.63, 3.8) is 0 Å². The van der Waals surface area contributed by atoms with E-state index in [1.165, 1.54) is 0 Å². The molecule has 1 amide bonds. The number of hydrogen-bond donors (Lipinski definition) is 1. The number of nitrogens with zero attached hydrogens (tertiary/aromatic N) is 2. The fraction of sp³-hybridized carbons (Fsp3) is 0.167. The third kappa shape index (κ3) is 3.67. The zero-order valence-corrected chi connectivity index (χ0v) is 15.9. The standard InChI is InChI=1S/C24H23N3O/c1-2-27-22-16-10-9-15-20(22)25-23(27)21(17-18-11-5-3-6-12-18)26-24(28)19-13-7-4-8-14-19/h3-16,21H,2,17H2,1H3,(H,26,28). The Kier molecular flexibility index (Phi) is 5.20. The molecule has 4 nitrogen and oxygen atoms in total. The van der Waals surface area contributed by atoms with E-state index in [0.717, 1.165) is 29.0 Å². The summed E-state index contributed by atoms with van der Waals surface area (Å²) in [5.41, 5.74) is 3.86. The first-order valence-corrected chi connectivity index (χ1v) is 9.61. The number of imidazole rings is 1. The molecule has 0 aliphatic heterocycles. The molecule has 1 N–H and O–H groups in total. The summed E-state index contributed by atoms with van der Waals surface area (Å²) in [6.45, 7) is 2.90. The van der Waals surface area contributed by atoms with Crippen molar-refractivity contribution in [1.82, 2.24) is 14.9 Å². The van der Waals surface area contributed by atoms with Crippen LogP contribution in [-0.2, 0) is 13.0 Å². The number of nitrogens with one attached hydrogen (secondary N) is 1. The Morgan fingerprint density at radius 2 is 1.57 bits per heavy atom. The topological polar surface area (TPSA) is 46.9 Å². The largest absolute Gasteiger partial charge is 0.342 e. The quantitative estimate of drug-likeness (QED) is 0.532. The summed E-state index contributed by atoms with van der Waals surface area (Å²) in [6, 6.07) is 27.4. The average molecular weight is 369 g/mol. The SMILES string of the molecule is CCn1c(C(Cc2ccccc2)NC(=O)c2ccccc2)nc2ccccc21. The molecule has 4 heteroatoms. The van der Waals surface area contributed by atoms with E-state index >= 15 is 0 Å². The number of para-hydroxylation sites is 2. The van der Waals surface area contributed by atoms with Gasteiger partial charge in [0.05, 0.1) is 17.1 Å². The van der Waals surface area contributed by atoms with Crippen molar-refractivity contribution in [3.05, 3.63) is 102 Å². The van der Waals surface area contributed by atoms with E-state index in [0.29, 0.717) is 12.0 Å². The van der Waals surface area contributed by atoms with Crippen LogP contribution in [0.25, 0.3) is 11.0 Å². The highest BCUT2D eigenvalue weighted by Crippen LogP contribution is 2.24. The lowest BCUT2D eigenvalue weighted by molar-refractivity contribution is 0.0934. The van der Waals surface area contributed by atoms with E-state index in [2.05, 4.69) is 35.0 Å². The molecular weight excluding hydrogens is 346 g/mol. The van der Waals surface area contributed by atoms with E-state index in [-0.39, 0.29) is 11.9 Å². The van der Waals surface area contributed by atoms with Gasteiger partial charge in [0.1, 0.15) is 5.82 Å². The maximum absolute atomic E-state index is 12.9. The van der Waals surface area contributed by atoms with E-state index in [9.17, 15) is 4.79 Å². The first-order chi connectivity index (χ1) is 13.8. The van der Waals surface area contributed by atoms with Crippen molar-refractivity contribution < 1.29 is 4.79 Å². The number of aryl methyl sites for hydroxylation is 1. The zero-order chi connectivity index (χ0) is 19.3. The smallest absolute Gasteiger partial charge is 0.251 e. The van der Waals surface area contributed by atoms with E-state index in [1.54, 1.807) is 0 Å². The number of carbonyl (C=O) groups is 1. The van der Waals surface area contributed by atoms with Crippen molar-refractivity contribution in [2.45, 2.75) is 25.9 Å². The second kappa shape index (κ2) is 8.09. The Morgan fingerprint density at radius 1 is 0.929 bits per heavy atom. The molecule has 4 rings (SSSR count). The minimum absolute atomic E-state index is 0.0868. The lowest BCUT2D eigenvalue weighted by atomic mass is 10.0. The first-order valence-electron chi connectivity index (χ1n) is 9.61. The van der Waals surface area contributed by atoms with Crippen LogP contribution >= 0.6 is 0 Å². The van der Waals surface area contributed by atoms with Crippen LogP contribution in [0.15, 0.2) is 84.9 Å². The van der Waals surface area contributed by atoms with E-state index in [4.69, 9.17) is 4.98 Å². The van der Waals surface area contributed by atoms with Gasteiger partial charge in [-0.2, -0.15) is 0 Å². The second-order valence-electron chi connectivity index (χ2n) is 6.78. The molecule has 0 saturated carbocycles. The Labute approximate surface area is 164 Å². The fourth-order valence-electron chi connectivity index (χ4n) is 3.58. The molecule has 0 aliphatic carbocycles. The number of rotatable bonds is 6. The van der Waals surface area contributed by atoms with Gasteiger partial charge in [-0.1, -0.05) is 60.7 Å². The number of fused-ring (bicyclic) bond motifs is 1. The van der Waals surface area contributed by atoms with Crippen molar-refractivity contribution in [2.75, 3.05) is 0 Å². The number of amides is 1. The first kappa shape index (κ1) is 18.0. The van der Waals surface area contributed by atoms with Gasteiger partial charge in [-0.3, -0.25) is 4.79 Å². The van der Waals surface area contributed by atoms with Crippen LogP contribution in [0.1, 0.15) is 34.7 Å². The predicted molar refractivity (Wildman–Crippen MR) is 112 cm³/mol. The van der Waals surface area contributed by atoms with Gasteiger partial charge in [0.15, 0.2) is 0 Å². The lowest BCUT2D eigenvalue weighted by Gasteiger charge is -2.20. The molecule has 1 aromatic heterocycles. The van der Waals surface area contributed by atoms with Gasteiger partial charge in [0, 0.05) is 12.1 Å². The molecule has 1 unspecified atom stereocenters. The minimum atomic E-state index is -0.220. The zero-order valence-electron chi connectivity index (χ0n) is 15.9. The highest BCUT2D eigenvalue weighted by molar-refractivity contribution is 5.94. The summed E-state index contributed by atoms with van der Waals surface area (Å²) in [4.78, 5) is 17.8. The summed E-state index contributed by atoms with van der Waals surface area (Å²) in [5, 5.41) is 3.21. The van der Waals surface area contributed by atoms with Gasteiger partial charge in [-0.25, -0.2) is 4.98 Å². The molecule has 0 fully saturated rings. The Bertz CT molecular complexity index is 1070. The molecule has 0 saturated heterocycles. The van der Waals surface area contributed by atoms with Gasteiger partial charge in [-0.05, 0) is 43.2 Å². The maximum Gasteiger partial charge on any atom is 0.251 e. The van der Waals surface area contributed by atoms with Crippen LogP contribution in [0.3, 0.4) is 0 Å². The molecule has 0 aliphatic rings. The summed E-state index contributed by atoms with van der Waals surface area (Å²) >= 11 is 0. The summed E-state index contributed by atoms with van der Waals surface area (Å²) in [6.07, 6.45) is 0.683. The van der Waals surface area contributed by atoms with Crippen molar-refractivity contribution in [3.8, 4) is 0 Å². The Balaban J connectivity index is 1.73. The Morgan fingerprint density at radius 3 is 2.29 bits per heavy atom. The highest BCUT2D eigenvalue weighted by atomic mass is 16.1. The van der Waals surface area contributed by atoms with Gasteiger partial charge in [0.25, 0.3) is 5.91 Å². The van der Waals surface area contributed by atoms with Crippen LogP contribution in [0, 0.1) is 0 Å². The molecule has 0 radical (unpaired) electrons. The van der Waals surface area contributed by atoms with Gasteiger partial charge < -0.3 is 9.88 Å². The molecule has 1 heterocycles. The third-order valence-corrected chi connectivity index (χ3v) is 4.94. The number of carbonyl (C=O) groups excluding carboxylic acids is 1. The molecule has 140 valence electrons. The van der Waals surface area contributed by atoms with Gasteiger partial charge in [0.2, 0.25) is 0 Å². The van der Waals surface area contributed by atoms with E-state index in [1.807, 2.05) is 66.7 Å². The fourth-order valence-corrected chi connectivity index (χ4v) is 3.58. The summed E-state index contributed by atoms with van der Waals surface area (Å²) in [7, 11) is 0. The molecule has 1 atom stereocenters. The van der Waals surface area contributed by atoms with Crippen molar-refractivity contribution in [1.29, 1.82) is 0 Å². The second-order valence-corrected chi connectivity index (χ2v) is 6.78. The van der Waals surface area contributed by atoms with Crippen molar-refractivity contribution >= 4 is 16.9 Å². The number of benzene rings is 3. The summed E-state index contributed by atoms with van der Waals surface area (Å²) in [5.74, 6) is 0.799. The number of aromatic nitrogens is 2. The van der Waals surface area contributed by atoms with Gasteiger partial charge >= 0.3 is 0 Å². The molecular formula is C24H23N3O. The molecule has 3 aromatic carbocycles. The third-order valence-electron chi connectivity index (χ3n) is 4.94. The predicted octanol–water partition coefficient (Wildman–Crippen LogP) is 4.77.